The Bertz CT molecular complexity index is 443. The van der Waals surface area contributed by atoms with Crippen molar-refractivity contribution in [2.75, 3.05) is 17.9 Å². The highest BCUT2D eigenvalue weighted by Crippen LogP contribution is 2.20. The van der Waals surface area contributed by atoms with Crippen LogP contribution in [0.5, 0.6) is 0 Å². The van der Waals surface area contributed by atoms with Gasteiger partial charge in [-0.05, 0) is 12.1 Å². The first-order valence-electron chi connectivity index (χ1n) is 4.87. The average Bonchev–Trinajstić information content (AvgIpc) is 2.30. The van der Waals surface area contributed by atoms with Crippen molar-refractivity contribution in [1.82, 2.24) is 0 Å². The number of carbonyl (C=O) groups is 2. The van der Waals surface area contributed by atoms with Gasteiger partial charge in [0.25, 0.3) is 0 Å². The van der Waals surface area contributed by atoms with Gasteiger partial charge in [-0.2, -0.15) is 5.10 Å². The molecule has 0 aromatic heterocycles. The highest BCUT2D eigenvalue weighted by Gasteiger charge is 2.01. The number of hydrazone groups is 1. The third-order valence-corrected chi connectivity index (χ3v) is 1.79. The van der Waals surface area contributed by atoms with E-state index >= 15 is 0 Å². The van der Waals surface area contributed by atoms with Gasteiger partial charge in [0.05, 0.1) is 18.5 Å². The number of para-hydroxylation sites is 2. The van der Waals surface area contributed by atoms with Crippen molar-refractivity contribution in [3.63, 3.8) is 0 Å². The predicted molar refractivity (Wildman–Crippen MR) is 64.9 cm³/mol. The van der Waals surface area contributed by atoms with Crippen molar-refractivity contribution in [3.8, 4) is 0 Å². The Labute approximate surface area is 98.7 Å². The molecule has 17 heavy (non-hydrogen) atoms. The van der Waals surface area contributed by atoms with Crippen molar-refractivity contribution in [1.29, 1.82) is 0 Å². The first-order chi connectivity index (χ1) is 8.13. The Morgan fingerprint density at radius 2 is 1.94 bits per heavy atom. The zero-order valence-electron chi connectivity index (χ0n) is 9.56. The molecular weight excluding hydrogens is 222 g/mol. The molecule has 6 nitrogen and oxygen atoms in total. The molecule has 0 heterocycles. The summed E-state index contributed by atoms with van der Waals surface area (Å²) in [4.78, 5) is 21.7. The first kappa shape index (κ1) is 12.7. The number of methoxy groups -OCH3 is 1. The smallest absolute Gasteiger partial charge is 0.350 e. The van der Waals surface area contributed by atoms with Gasteiger partial charge in [0.2, 0.25) is 5.91 Å². The molecule has 1 aromatic carbocycles. The molecule has 0 unspecified atom stereocenters. The van der Waals surface area contributed by atoms with Gasteiger partial charge in [0.1, 0.15) is 6.21 Å². The number of hydrogen-bond donors (Lipinski definition) is 2. The van der Waals surface area contributed by atoms with E-state index in [2.05, 4.69) is 20.6 Å². The van der Waals surface area contributed by atoms with Gasteiger partial charge in [-0.1, -0.05) is 12.1 Å². The van der Waals surface area contributed by atoms with E-state index < -0.39 is 5.97 Å². The van der Waals surface area contributed by atoms with Gasteiger partial charge in [-0.3, -0.25) is 10.2 Å². The van der Waals surface area contributed by atoms with Crippen LogP contribution in [0.3, 0.4) is 0 Å². The molecule has 2 N–H and O–H groups in total. The van der Waals surface area contributed by atoms with Crippen molar-refractivity contribution < 1.29 is 14.3 Å². The van der Waals surface area contributed by atoms with Crippen molar-refractivity contribution in [2.24, 2.45) is 5.10 Å². The van der Waals surface area contributed by atoms with Crippen molar-refractivity contribution >= 4 is 29.5 Å². The maximum Gasteiger partial charge on any atom is 0.350 e. The molecule has 0 bridgehead atoms. The molecule has 0 aliphatic heterocycles. The molecule has 90 valence electrons. The van der Waals surface area contributed by atoms with Crippen LogP contribution in [0.1, 0.15) is 6.92 Å². The van der Waals surface area contributed by atoms with Crippen LogP contribution in [0.2, 0.25) is 0 Å². The normalized spacial score (nSPS) is 10.0. The summed E-state index contributed by atoms with van der Waals surface area (Å²) in [5.74, 6) is -0.745. The zero-order chi connectivity index (χ0) is 12.7. The number of benzene rings is 1. The lowest BCUT2D eigenvalue weighted by Crippen LogP contribution is -2.08. The molecule has 0 atom stereocenters. The van der Waals surface area contributed by atoms with Crippen molar-refractivity contribution in [2.45, 2.75) is 6.92 Å². The van der Waals surface area contributed by atoms with Crippen LogP contribution in [0.25, 0.3) is 0 Å². The summed E-state index contributed by atoms with van der Waals surface area (Å²) in [6.45, 7) is 1.41. The van der Waals surface area contributed by atoms with Crippen LogP contribution in [0.4, 0.5) is 11.4 Å². The number of carbonyl (C=O) groups excluding carboxylic acids is 2. The van der Waals surface area contributed by atoms with Gasteiger partial charge in [-0.25, -0.2) is 4.79 Å². The number of nitrogens with zero attached hydrogens (tertiary/aromatic N) is 1. The van der Waals surface area contributed by atoms with E-state index in [-0.39, 0.29) is 5.91 Å². The lowest BCUT2D eigenvalue weighted by atomic mass is 10.2. The summed E-state index contributed by atoms with van der Waals surface area (Å²) in [7, 11) is 1.26. The Morgan fingerprint density at radius 1 is 1.29 bits per heavy atom. The second kappa shape index (κ2) is 6.26. The van der Waals surface area contributed by atoms with E-state index in [1.807, 2.05) is 0 Å². The molecule has 0 fully saturated rings. The Kier molecular flexibility index (Phi) is 4.68. The number of anilines is 2. The fourth-order valence-corrected chi connectivity index (χ4v) is 1.09. The molecule has 0 saturated heterocycles. The Balaban J connectivity index is 2.73. The largest absolute Gasteiger partial charge is 0.465 e. The van der Waals surface area contributed by atoms with Gasteiger partial charge in [0, 0.05) is 6.92 Å². The lowest BCUT2D eigenvalue weighted by Gasteiger charge is -2.08. The fraction of sp³-hybridized carbons (Fsp3) is 0.182. The van der Waals surface area contributed by atoms with Crippen LogP contribution in [-0.2, 0) is 14.3 Å². The van der Waals surface area contributed by atoms with Crippen LogP contribution in [0, 0.1) is 0 Å². The quantitative estimate of drug-likeness (QED) is 0.467. The topological polar surface area (TPSA) is 79.8 Å². The Morgan fingerprint density at radius 3 is 2.53 bits per heavy atom. The summed E-state index contributed by atoms with van der Waals surface area (Å²) in [6, 6.07) is 7.00. The Hall–Kier alpha value is -2.37. The van der Waals surface area contributed by atoms with E-state index in [0.29, 0.717) is 11.4 Å². The number of hydrogen-bond acceptors (Lipinski definition) is 5. The number of nitrogens with one attached hydrogen (secondary N) is 2. The molecule has 0 saturated carbocycles. The molecular formula is C11H13N3O3. The van der Waals surface area contributed by atoms with E-state index in [1.165, 1.54) is 14.0 Å². The molecule has 0 spiro atoms. The summed E-state index contributed by atoms with van der Waals surface area (Å²) in [5.41, 5.74) is 3.81. The number of rotatable bonds is 4. The third-order valence-electron chi connectivity index (χ3n) is 1.79. The lowest BCUT2D eigenvalue weighted by molar-refractivity contribution is -0.132. The number of esters is 1. The monoisotopic (exact) mass is 235 g/mol. The highest BCUT2D eigenvalue weighted by molar-refractivity contribution is 6.23. The molecule has 1 rings (SSSR count). The van der Waals surface area contributed by atoms with Crippen LogP contribution in [0.15, 0.2) is 29.4 Å². The molecule has 1 aromatic rings. The van der Waals surface area contributed by atoms with Crippen LogP contribution in [-0.4, -0.2) is 25.2 Å². The first-order valence-corrected chi connectivity index (χ1v) is 4.87. The average molecular weight is 235 g/mol. The fourth-order valence-electron chi connectivity index (χ4n) is 1.09. The van der Waals surface area contributed by atoms with Gasteiger partial charge < -0.3 is 10.1 Å². The van der Waals surface area contributed by atoms with E-state index in [4.69, 9.17) is 0 Å². The third kappa shape index (κ3) is 4.33. The van der Waals surface area contributed by atoms with Crippen molar-refractivity contribution in [3.05, 3.63) is 24.3 Å². The maximum absolute atomic E-state index is 10.9. The van der Waals surface area contributed by atoms with Gasteiger partial charge in [-0.15, -0.1) is 0 Å². The SMILES string of the molecule is COC(=O)/C=N\Nc1ccccc1NC(C)=O. The summed E-state index contributed by atoms with van der Waals surface area (Å²) in [6.07, 6.45) is 1.00. The molecule has 0 aliphatic carbocycles. The molecule has 0 aliphatic rings. The van der Waals surface area contributed by atoms with Gasteiger partial charge >= 0.3 is 5.97 Å². The van der Waals surface area contributed by atoms with Gasteiger partial charge in [0.15, 0.2) is 0 Å². The predicted octanol–water partition coefficient (Wildman–Crippen LogP) is 1.22. The van der Waals surface area contributed by atoms with Crippen LogP contribution >= 0.6 is 0 Å². The standard InChI is InChI=1S/C11H13N3O3/c1-8(15)13-9-5-3-4-6-10(9)14-12-7-11(16)17-2/h3-7,14H,1-2H3,(H,13,15)/b12-7-. The highest BCUT2D eigenvalue weighted by atomic mass is 16.5. The second-order valence-electron chi connectivity index (χ2n) is 3.12. The summed E-state index contributed by atoms with van der Waals surface area (Å²) < 4.78 is 4.38. The maximum atomic E-state index is 10.9. The van der Waals surface area contributed by atoms with E-state index in [1.54, 1.807) is 24.3 Å². The molecule has 1 amide bonds. The minimum absolute atomic E-state index is 0.184. The summed E-state index contributed by atoms with van der Waals surface area (Å²) in [5, 5.41) is 6.31. The van der Waals surface area contributed by atoms with E-state index in [0.717, 1.165) is 6.21 Å². The second-order valence-corrected chi connectivity index (χ2v) is 3.12. The minimum Gasteiger partial charge on any atom is -0.465 e. The number of ether oxygens (including phenoxy) is 1. The zero-order valence-corrected chi connectivity index (χ0v) is 9.56. The molecule has 6 heteroatoms. The molecule has 0 radical (unpaired) electrons. The van der Waals surface area contributed by atoms with E-state index in [9.17, 15) is 9.59 Å². The minimum atomic E-state index is -0.561. The summed E-state index contributed by atoms with van der Waals surface area (Å²) >= 11 is 0. The van der Waals surface area contributed by atoms with Crippen LogP contribution < -0.4 is 10.7 Å². The number of amides is 1.